The SMILES string of the molecule is CC(C)N/C=C(/C#N)C(=O)NC(C)C(=O)O. The number of nitrogens with one attached hydrogen (secondary N) is 2. The minimum absolute atomic E-state index is 0.0908. The van der Waals surface area contributed by atoms with Gasteiger partial charge < -0.3 is 15.7 Å². The summed E-state index contributed by atoms with van der Waals surface area (Å²) in [6.45, 7) is 5.03. The zero-order chi connectivity index (χ0) is 12.7. The van der Waals surface area contributed by atoms with Crippen LogP contribution in [0, 0.1) is 11.3 Å². The molecule has 0 fully saturated rings. The van der Waals surface area contributed by atoms with E-state index in [4.69, 9.17) is 10.4 Å². The molecule has 0 saturated heterocycles. The van der Waals surface area contributed by atoms with Gasteiger partial charge in [0.15, 0.2) is 0 Å². The molecule has 0 aliphatic heterocycles. The van der Waals surface area contributed by atoms with Crippen LogP contribution >= 0.6 is 0 Å². The van der Waals surface area contributed by atoms with Crippen molar-refractivity contribution in [1.29, 1.82) is 5.26 Å². The molecule has 0 aliphatic rings. The van der Waals surface area contributed by atoms with Crippen molar-refractivity contribution in [2.45, 2.75) is 32.9 Å². The fourth-order valence-corrected chi connectivity index (χ4v) is 0.735. The van der Waals surface area contributed by atoms with Crippen LogP contribution in [0.15, 0.2) is 11.8 Å². The van der Waals surface area contributed by atoms with E-state index in [2.05, 4.69) is 10.6 Å². The van der Waals surface area contributed by atoms with Crippen LogP contribution < -0.4 is 10.6 Å². The second-order valence-electron chi connectivity index (χ2n) is 3.52. The molecule has 0 heterocycles. The summed E-state index contributed by atoms with van der Waals surface area (Å²) in [5, 5.41) is 22.2. The Hall–Kier alpha value is -2.03. The van der Waals surface area contributed by atoms with Gasteiger partial charge in [0.05, 0.1) is 0 Å². The van der Waals surface area contributed by atoms with Gasteiger partial charge in [0, 0.05) is 12.2 Å². The molecule has 0 aromatic carbocycles. The molecule has 1 unspecified atom stereocenters. The van der Waals surface area contributed by atoms with Gasteiger partial charge in [-0.25, -0.2) is 0 Å². The van der Waals surface area contributed by atoms with Crippen LogP contribution in [0.2, 0.25) is 0 Å². The van der Waals surface area contributed by atoms with E-state index in [1.807, 2.05) is 13.8 Å². The highest BCUT2D eigenvalue weighted by molar-refractivity contribution is 5.99. The number of hydrogen-bond donors (Lipinski definition) is 3. The smallest absolute Gasteiger partial charge is 0.325 e. The highest BCUT2D eigenvalue weighted by atomic mass is 16.4. The first-order valence-electron chi connectivity index (χ1n) is 4.78. The lowest BCUT2D eigenvalue weighted by atomic mass is 10.2. The molecule has 0 bridgehead atoms. The van der Waals surface area contributed by atoms with Crippen molar-refractivity contribution in [2.24, 2.45) is 0 Å². The summed E-state index contributed by atoms with van der Waals surface area (Å²) in [6, 6.07) is 0.761. The molecule has 88 valence electrons. The minimum atomic E-state index is -1.15. The van der Waals surface area contributed by atoms with E-state index >= 15 is 0 Å². The predicted molar refractivity (Wildman–Crippen MR) is 57.2 cm³/mol. The summed E-state index contributed by atoms with van der Waals surface area (Å²) in [5.41, 5.74) is -0.151. The molecule has 0 spiro atoms. The van der Waals surface area contributed by atoms with Gasteiger partial charge in [-0.05, 0) is 20.8 Å². The molecule has 1 atom stereocenters. The van der Waals surface area contributed by atoms with E-state index in [9.17, 15) is 9.59 Å². The number of carbonyl (C=O) groups excluding carboxylic acids is 1. The van der Waals surface area contributed by atoms with Crippen LogP contribution in [0.1, 0.15) is 20.8 Å². The third-order valence-corrected chi connectivity index (χ3v) is 1.64. The molecule has 3 N–H and O–H groups in total. The van der Waals surface area contributed by atoms with E-state index in [1.165, 1.54) is 13.1 Å². The van der Waals surface area contributed by atoms with Gasteiger partial charge in [0.2, 0.25) is 0 Å². The van der Waals surface area contributed by atoms with Crippen LogP contribution in [-0.4, -0.2) is 29.1 Å². The fraction of sp³-hybridized carbons (Fsp3) is 0.500. The Kier molecular flexibility index (Phi) is 5.63. The van der Waals surface area contributed by atoms with E-state index in [0.29, 0.717) is 0 Å². The third-order valence-electron chi connectivity index (χ3n) is 1.64. The summed E-state index contributed by atoms with van der Waals surface area (Å²) >= 11 is 0. The molecule has 0 rings (SSSR count). The van der Waals surface area contributed by atoms with Crippen LogP contribution in [0.25, 0.3) is 0 Å². The number of hydrogen-bond acceptors (Lipinski definition) is 4. The topological polar surface area (TPSA) is 102 Å². The van der Waals surface area contributed by atoms with E-state index in [1.54, 1.807) is 6.07 Å². The van der Waals surface area contributed by atoms with Gasteiger partial charge in [-0.3, -0.25) is 9.59 Å². The first-order valence-corrected chi connectivity index (χ1v) is 4.78. The van der Waals surface area contributed by atoms with E-state index < -0.39 is 17.9 Å². The summed E-state index contributed by atoms with van der Waals surface area (Å²) in [5.74, 6) is -1.85. The Labute approximate surface area is 93.9 Å². The molecule has 0 aliphatic carbocycles. The molecule has 0 saturated carbocycles. The zero-order valence-electron chi connectivity index (χ0n) is 9.44. The van der Waals surface area contributed by atoms with Crippen LogP contribution in [-0.2, 0) is 9.59 Å². The first-order chi connectivity index (χ1) is 7.38. The lowest BCUT2D eigenvalue weighted by molar-refractivity contribution is -0.140. The summed E-state index contributed by atoms with van der Waals surface area (Å²) in [7, 11) is 0. The van der Waals surface area contributed by atoms with Crippen molar-refractivity contribution in [3.05, 3.63) is 11.8 Å². The molecular formula is C10H15N3O3. The Morgan fingerprint density at radius 3 is 2.31 bits per heavy atom. The van der Waals surface area contributed by atoms with Crippen molar-refractivity contribution in [1.82, 2.24) is 10.6 Å². The maximum atomic E-state index is 11.4. The number of carboxylic acids is 1. The number of carbonyl (C=O) groups is 2. The Morgan fingerprint density at radius 2 is 1.94 bits per heavy atom. The molecule has 0 aromatic rings. The van der Waals surface area contributed by atoms with Crippen molar-refractivity contribution in [3.63, 3.8) is 0 Å². The first kappa shape index (κ1) is 14.0. The predicted octanol–water partition coefficient (Wildman–Crippen LogP) is -0.0188. The highest BCUT2D eigenvalue weighted by Crippen LogP contribution is 1.93. The van der Waals surface area contributed by atoms with Gasteiger partial charge in [-0.2, -0.15) is 5.26 Å². The number of nitriles is 1. The van der Waals surface area contributed by atoms with Crippen LogP contribution in [0.3, 0.4) is 0 Å². The quantitative estimate of drug-likeness (QED) is 0.451. The maximum Gasteiger partial charge on any atom is 0.325 e. The number of amides is 1. The summed E-state index contributed by atoms with van der Waals surface area (Å²) in [6.07, 6.45) is 1.27. The van der Waals surface area contributed by atoms with Crippen molar-refractivity contribution >= 4 is 11.9 Å². The summed E-state index contributed by atoms with van der Waals surface area (Å²) in [4.78, 5) is 21.9. The molecule has 6 heteroatoms. The molecule has 0 aromatic heterocycles. The van der Waals surface area contributed by atoms with Gasteiger partial charge in [-0.15, -0.1) is 0 Å². The molecule has 0 radical (unpaired) electrons. The minimum Gasteiger partial charge on any atom is -0.480 e. The van der Waals surface area contributed by atoms with Gasteiger partial charge in [-0.1, -0.05) is 0 Å². The average Bonchev–Trinajstić information content (AvgIpc) is 2.17. The van der Waals surface area contributed by atoms with Crippen LogP contribution in [0.4, 0.5) is 0 Å². The standard InChI is InChI=1S/C10H15N3O3/c1-6(2)12-5-8(4-11)9(14)13-7(3)10(15)16/h5-7,12H,1-3H3,(H,13,14)(H,15,16)/b8-5-. The Bertz CT molecular complexity index is 342. The van der Waals surface area contributed by atoms with E-state index in [-0.39, 0.29) is 11.6 Å². The molecule has 6 nitrogen and oxygen atoms in total. The molecular weight excluding hydrogens is 210 g/mol. The van der Waals surface area contributed by atoms with Gasteiger partial charge >= 0.3 is 5.97 Å². The number of nitrogens with zero attached hydrogens (tertiary/aromatic N) is 1. The van der Waals surface area contributed by atoms with E-state index in [0.717, 1.165) is 0 Å². The Balaban J connectivity index is 4.51. The lowest BCUT2D eigenvalue weighted by Crippen LogP contribution is -2.39. The second-order valence-corrected chi connectivity index (χ2v) is 3.52. The third kappa shape index (κ3) is 5.00. The van der Waals surface area contributed by atoms with Crippen molar-refractivity contribution < 1.29 is 14.7 Å². The van der Waals surface area contributed by atoms with Gasteiger partial charge in [0.1, 0.15) is 17.7 Å². The Morgan fingerprint density at radius 1 is 1.38 bits per heavy atom. The number of rotatable bonds is 5. The monoisotopic (exact) mass is 225 g/mol. The lowest BCUT2D eigenvalue weighted by Gasteiger charge is -2.09. The largest absolute Gasteiger partial charge is 0.480 e. The second kappa shape index (κ2) is 6.45. The van der Waals surface area contributed by atoms with Crippen molar-refractivity contribution in [2.75, 3.05) is 0 Å². The number of carboxylic acid groups (broad SMARTS) is 1. The molecule has 1 amide bonds. The van der Waals surface area contributed by atoms with Crippen molar-refractivity contribution in [3.8, 4) is 6.07 Å². The maximum absolute atomic E-state index is 11.4. The fourth-order valence-electron chi connectivity index (χ4n) is 0.735. The number of aliphatic carboxylic acids is 1. The average molecular weight is 225 g/mol. The normalized spacial score (nSPS) is 12.8. The highest BCUT2D eigenvalue weighted by Gasteiger charge is 2.16. The summed E-state index contributed by atoms with van der Waals surface area (Å²) < 4.78 is 0. The molecule has 16 heavy (non-hydrogen) atoms. The van der Waals surface area contributed by atoms with Gasteiger partial charge in [0.25, 0.3) is 5.91 Å². The zero-order valence-corrected chi connectivity index (χ0v) is 9.44. The van der Waals surface area contributed by atoms with Crippen LogP contribution in [0.5, 0.6) is 0 Å².